The first-order valence-corrected chi connectivity index (χ1v) is 48.6. The molecule has 0 aromatic carbocycles. The predicted octanol–water partition coefficient (Wildman–Crippen LogP) is 18.9. The van der Waals surface area contributed by atoms with Gasteiger partial charge in [-0.15, -0.1) is 0 Å². The highest BCUT2D eigenvalue weighted by Crippen LogP contribution is 2.39. The molecule has 23 heteroatoms. The van der Waals surface area contributed by atoms with Crippen molar-refractivity contribution in [2.45, 2.75) is 335 Å². The molecule has 0 radical (unpaired) electrons. The van der Waals surface area contributed by atoms with Crippen LogP contribution in [0.1, 0.15) is 308 Å². The number of sulfonamides is 4. The second-order valence-electron chi connectivity index (χ2n) is 37.7. The lowest BCUT2D eigenvalue weighted by molar-refractivity contribution is -0.148. The normalized spacial score (nSPS) is 24.8. The number of nitrogens with zero attached hydrogens (tertiary/aromatic N) is 6. The number of nitrogens with one attached hydrogen (secondary N) is 2. The molecule has 4 unspecified atom stereocenters. The minimum absolute atomic E-state index is 0. The van der Waals surface area contributed by atoms with E-state index in [1.54, 1.807) is 17.2 Å². The van der Waals surface area contributed by atoms with Crippen molar-refractivity contribution in [3.63, 3.8) is 0 Å². The van der Waals surface area contributed by atoms with E-state index in [0.717, 1.165) is 215 Å². The quantitative estimate of drug-likeness (QED) is 0.0838. The molecule has 0 amide bonds. The lowest BCUT2D eigenvalue weighted by Gasteiger charge is -2.39. The minimum atomic E-state index is -4.04. The van der Waals surface area contributed by atoms with Crippen molar-refractivity contribution in [3.05, 3.63) is 0 Å². The molecule has 12 fully saturated rings. The Bertz CT molecular complexity index is 2800. The van der Waals surface area contributed by atoms with E-state index in [2.05, 4.69) is 133 Å². The Kier molecular flexibility index (Phi) is 49.5. The first-order chi connectivity index (χ1) is 48.7. The van der Waals surface area contributed by atoms with Gasteiger partial charge in [0.15, 0.2) is 0 Å². The van der Waals surface area contributed by atoms with Crippen LogP contribution in [0.3, 0.4) is 0 Å². The third-order valence-electron chi connectivity index (χ3n) is 22.8. The van der Waals surface area contributed by atoms with Gasteiger partial charge in [-0.1, -0.05) is 147 Å². The topological polar surface area (TPSA) is 180 Å². The first kappa shape index (κ1) is 105. The van der Waals surface area contributed by atoms with E-state index in [1.165, 1.54) is 95.7 Å². The Balaban J connectivity index is 0.000000619. The molecule has 4 atom stereocenters. The number of hydrogen-bond donors (Lipinski definition) is 2. The van der Waals surface area contributed by atoms with Crippen LogP contribution in [0, 0.1) is 94.7 Å². The van der Waals surface area contributed by atoms with Gasteiger partial charge in [0.25, 0.3) is 0 Å². The number of piperidine rings is 3. The van der Waals surface area contributed by atoms with Gasteiger partial charge >= 0.3 is 6.18 Å². The summed E-state index contributed by atoms with van der Waals surface area (Å²) in [5.41, 5.74) is 0. The Morgan fingerprint density at radius 1 is 0.306 bits per heavy atom. The highest BCUT2D eigenvalue weighted by Gasteiger charge is 2.47. The number of alkyl halides is 3. The largest absolute Gasteiger partial charge is 0.401 e. The van der Waals surface area contributed by atoms with E-state index in [4.69, 9.17) is 0 Å². The molecule has 8 aliphatic heterocycles. The van der Waals surface area contributed by atoms with E-state index in [1.807, 2.05) is 0 Å². The van der Waals surface area contributed by atoms with E-state index >= 15 is 0 Å². The fourth-order valence-electron chi connectivity index (χ4n) is 17.0. The molecule has 648 valence electrons. The summed E-state index contributed by atoms with van der Waals surface area (Å²) in [4.78, 5) is 4.09. The molecule has 0 aromatic heterocycles. The molecular weight excluding hydrogens is 1450 g/mol. The highest BCUT2D eigenvalue weighted by atomic mass is 32.2. The zero-order chi connectivity index (χ0) is 77.3. The maximum absolute atomic E-state index is 12.1. The molecule has 12 rings (SSSR count). The number of halogens is 3. The summed E-state index contributed by atoms with van der Waals surface area (Å²) in [6.45, 7) is 53.8. The number of rotatable bonds is 26. The fourth-order valence-corrected chi connectivity index (χ4v) is 24.8. The van der Waals surface area contributed by atoms with Gasteiger partial charge in [-0.3, -0.25) is 4.90 Å². The van der Waals surface area contributed by atoms with E-state index in [9.17, 15) is 46.8 Å². The van der Waals surface area contributed by atoms with Crippen molar-refractivity contribution in [2.24, 2.45) is 94.7 Å². The van der Waals surface area contributed by atoms with Crippen molar-refractivity contribution < 1.29 is 46.8 Å². The van der Waals surface area contributed by atoms with Gasteiger partial charge in [0, 0.05) is 58.9 Å². The van der Waals surface area contributed by atoms with Crippen LogP contribution in [0.15, 0.2) is 0 Å². The van der Waals surface area contributed by atoms with Crippen molar-refractivity contribution in [2.75, 3.05) is 118 Å². The monoisotopic (exact) mass is 1620 g/mol. The molecule has 12 aliphatic rings. The lowest BCUT2D eigenvalue weighted by Crippen LogP contribution is -2.51. The summed E-state index contributed by atoms with van der Waals surface area (Å²) in [5.74, 6) is 12.2. The van der Waals surface area contributed by atoms with Crippen LogP contribution in [0.5, 0.6) is 0 Å². The van der Waals surface area contributed by atoms with Crippen LogP contribution < -0.4 is 10.6 Å². The van der Waals surface area contributed by atoms with Gasteiger partial charge in [-0.05, 0) is 308 Å². The average Bonchev–Trinajstić information content (AvgIpc) is 1.41. The molecule has 16 nitrogen and oxygen atoms in total. The number of hydrogen-bond acceptors (Lipinski definition) is 12. The Morgan fingerprint density at radius 2 is 0.593 bits per heavy atom. The first-order valence-electron chi connectivity index (χ1n) is 42.5. The molecule has 2 N–H and O–H groups in total. The molecule has 0 aromatic rings. The van der Waals surface area contributed by atoms with Gasteiger partial charge in [0.05, 0.1) is 27.5 Å². The molecule has 8 heterocycles. The summed E-state index contributed by atoms with van der Waals surface area (Å²) in [6.07, 6.45) is 23.3. The van der Waals surface area contributed by atoms with Crippen LogP contribution in [0.2, 0.25) is 0 Å². The van der Waals surface area contributed by atoms with Crippen LogP contribution in [0.4, 0.5) is 13.2 Å². The summed E-state index contributed by atoms with van der Waals surface area (Å²) in [5, 5.41) is 6.52. The Morgan fingerprint density at radius 3 is 0.935 bits per heavy atom. The van der Waals surface area contributed by atoms with Crippen LogP contribution in [-0.4, -0.2) is 206 Å². The van der Waals surface area contributed by atoms with Crippen LogP contribution in [-0.2, 0) is 40.1 Å². The Labute approximate surface area is 668 Å². The lowest BCUT2D eigenvalue weighted by atomic mass is 9.89. The van der Waals surface area contributed by atoms with Gasteiger partial charge in [-0.2, -0.15) is 13.2 Å². The van der Waals surface area contributed by atoms with Crippen molar-refractivity contribution in [1.82, 2.24) is 37.7 Å². The molecule has 108 heavy (non-hydrogen) atoms. The third-order valence-corrected chi connectivity index (χ3v) is 32.3. The van der Waals surface area contributed by atoms with E-state index in [0.29, 0.717) is 60.4 Å². The molecular formula is C85H175F3N8O8S4. The van der Waals surface area contributed by atoms with Gasteiger partial charge in [0.2, 0.25) is 40.1 Å². The standard InChI is InChI=1S/2C12H23NO2S.C11H20F3N.C11H21NO2S.C10H19NO2S.C10H21N.C8H17N.C7H15N.4CH4/c1-10(2)9-11-5-7-13(8-6-11)16(14,15)12-3-4-12;1-10(2)8-11-4-3-7-13(9-11)16(14,15)12-5-6-12;1-9(2)7-10-3-5-15(6-4-10)8-11(12,13)14;1-9(2)7-10-5-6-12(8-10)15(13,14)11-3-4-11;1-8(2)5-9-6-11(7-9)14(12,13)10-3-4-10;1-4-11-6-5-10(8-11)7-9(2)3;1-7(2)5-8-3-4-9-6-8;1-6(2)3-7-4-8-5-7;;;;/h2*10-12H,3-9H2,1-2H3;9-10H,3-8H2,1-2H3;9-11H,3-8H2,1-2H3;8-10H,3-7H2,1-2H3;9-10H,4-8H2,1-3H3;7-9H,3-6H2,1-2H3;6-8H,3-5H2,1-2H3;4*1H4. The molecule has 0 bridgehead atoms. The van der Waals surface area contributed by atoms with Gasteiger partial charge in [0.1, 0.15) is 0 Å². The van der Waals surface area contributed by atoms with Gasteiger partial charge < -0.3 is 15.5 Å². The molecule has 8 saturated heterocycles. The van der Waals surface area contributed by atoms with E-state index < -0.39 is 52.8 Å². The van der Waals surface area contributed by atoms with Crippen LogP contribution >= 0.6 is 0 Å². The number of likely N-dealkylation sites (tertiary alicyclic amines) is 2. The zero-order valence-corrected chi connectivity index (χ0v) is 72.4. The smallest absolute Gasteiger partial charge is 0.316 e. The van der Waals surface area contributed by atoms with Gasteiger partial charge in [-0.25, -0.2) is 50.9 Å². The highest BCUT2D eigenvalue weighted by molar-refractivity contribution is 7.90. The second-order valence-corrected chi connectivity index (χ2v) is 46.5. The maximum atomic E-state index is 12.1. The van der Waals surface area contributed by atoms with E-state index in [-0.39, 0.29) is 50.7 Å². The van der Waals surface area contributed by atoms with Crippen molar-refractivity contribution in [1.29, 1.82) is 0 Å². The predicted molar refractivity (Wildman–Crippen MR) is 456 cm³/mol. The van der Waals surface area contributed by atoms with Crippen LogP contribution in [0.25, 0.3) is 0 Å². The summed E-state index contributed by atoms with van der Waals surface area (Å²) in [6, 6.07) is 0. The van der Waals surface area contributed by atoms with Crippen molar-refractivity contribution in [3.8, 4) is 0 Å². The molecule has 0 spiro atoms. The average molecular weight is 1620 g/mol. The third kappa shape index (κ3) is 40.9. The maximum Gasteiger partial charge on any atom is 0.401 e. The Hall–Kier alpha value is -0.730. The zero-order valence-electron chi connectivity index (χ0n) is 69.2. The molecule has 4 aliphatic carbocycles. The SMILES string of the molecule is C.C.C.C.CC(C)CC1CCCN(S(=O)(=O)C2CC2)C1.CC(C)CC1CCN(CC(F)(F)F)CC1.CC(C)CC1CCN(S(=O)(=O)C2CC2)C1.CC(C)CC1CCN(S(=O)(=O)C2CC2)CC1.CC(C)CC1CCNC1.CC(C)CC1CN(S(=O)(=O)C2CC2)C1.CC(C)CC1CNC1.CCN1CCC(CC(C)C)C1. The minimum Gasteiger partial charge on any atom is -0.316 e. The fraction of sp³-hybridized carbons (Fsp3) is 1.00. The molecule has 4 saturated carbocycles. The second kappa shape index (κ2) is 50.8. The van der Waals surface area contributed by atoms with Crippen molar-refractivity contribution >= 4 is 40.1 Å². The summed E-state index contributed by atoms with van der Waals surface area (Å²) in [7, 11) is -11.6. The summed E-state index contributed by atoms with van der Waals surface area (Å²) < 4.78 is 139. The summed E-state index contributed by atoms with van der Waals surface area (Å²) >= 11 is 0.